The van der Waals surface area contributed by atoms with Crippen LogP contribution in [0.1, 0.15) is 47.9 Å². The van der Waals surface area contributed by atoms with Gasteiger partial charge in [-0.25, -0.2) is 4.98 Å². The number of carbonyl (C=O) groups is 1. The smallest absolute Gasteiger partial charge is 0.232 e. The summed E-state index contributed by atoms with van der Waals surface area (Å²) in [6, 6.07) is 41.6. The molecular weight excluding hydrogens is 611 g/mol. The average molecular weight is 650 g/mol. The van der Waals surface area contributed by atoms with Crippen molar-refractivity contribution in [3.05, 3.63) is 144 Å². The van der Waals surface area contributed by atoms with Gasteiger partial charge in [-0.1, -0.05) is 128 Å². The second-order valence-electron chi connectivity index (χ2n) is 12.1. The summed E-state index contributed by atoms with van der Waals surface area (Å²) < 4.78 is 5.30. The number of aryl methyl sites for hydroxylation is 1. The van der Waals surface area contributed by atoms with Crippen molar-refractivity contribution < 1.29 is 9.53 Å². The zero-order valence-electron chi connectivity index (χ0n) is 27.3. The second-order valence-corrected chi connectivity index (χ2v) is 13.2. The largest absolute Gasteiger partial charge is 0.497 e. The Bertz CT molecular complexity index is 1960. The fourth-order valence-electron chi connectivity index (χ4n) is 6.67. The summed E-state index contributed by atoms with van der Waals surface area (Å²) in [6.07, 6.45) is 3.85. The number of aromatic amines is 1. The van der Waals surface area contributed by atoms with Gasteiger partial charge in [0, 0.05) is 28.1 Å². The number of nitrogens with one attached hydrogen (secondary N) is 2. The molecule has 0 aliphatic heterocycles. The van der Waals surface area contributed by atoms with E-state index < -0.39 is 0 Å². The molecule has 1 amide bonds. The van der Waals surface area contributed by atoms with E-state index in [-0.39, 0.29) is 11.8 Å². The first-order valence-corrected chi connectivity index (χ1v) is 17.5. The van der Waals surface area contributed by atoms with Crippen LogP contribution in [0.3, 0.4) is 0 Å². The zero-order chi connectivity index (χ0) is 32.9. The molecule has 48 heavy (non-hydrogen) atoms. The van der Waals surface area contributed by atoms with Crippen LogP contribution in [0.4, 0.5) is 0 Å². The number of amides is 1. The molecule has 5 aromatic carbocycles. The van der Waals surface area contributed by atoms with Crippen molar-refractivity contribution in [1.29, 1.82) is 0 Å². The maximum absolute atomic E-state index is 14.2. The lowest BCUT2D eigenvalue weighted by atomic mass is 9.90. The number of unbranched alkanes of at least 4 members (excludes halogenated alkanes) is 1. The molecule has 1 aliphatic carbocycles. The molecule has 2 N–H and O–H groups in total. The Morgan fingerprint density at radius 1 is 0.833 bits per heavy atom. The third-order valence-corrected chi connectivity index (χ3v) is 10.0. The number of hydrogen-bond acceptors (Lipinski definition) is 4. The standard InChI is InChI=1S/C42H39N3O2S/c1-3-4-13-29-22-25-35(48-42-44-39(30-14-7-5-8-15-30)40(45-42)31-16-9-6-10-17-31)37-33-18-11-12-19-34(33)38(36(29)37)41(46)43-27-26-28-20-23-32(47-2)24-21-28/h5-12,14-25,38H,3-4,13,26-27H2,1-2H3,(H,43,46)(H,44,45). The molecular formula is C42H39N3O2S. The van der Waals surface area contributed by atoms with Gasteiger partial charge in [0.1, 0.15) is 5.75 Å². The number of methoxy groups -OCH3 is 1. The van der Waals surface area contributed by atoms with Gasteiger partial charge >= 0.3 is 0 Å². The minimum absolute atomic E-state index is 0.0466. The van der Waals surface area contributed by atoms with Crippen LogP contribution in [0.15, 0.2) is 131 Å². The molecule has 7 rings (SSSR count). The normalized spacial score (nSPS) is 13.2. The van der Waals surface area contributed by atoms with Crippen LogP contribution >= 0.6 is 11.8 Å². The fourth-order valence-corrected chi connectivity index (χ4v) is 7.63. The van der Waals surface area contributed by atoms with E-state index in [1.165, 1.54) is 5.56 Å². The number of carbonyl (C=O) groups excluding carboxylic acids is 1. The first-order chi connectivity index (χ1) is 23.6. The summed E-state index contributed by atoms with van der Waals surface area (Å²) in [6.45, 7) is 2.78. The number of H-pyrrole nitrogens is 1. The van der Waals surface area contributed by atoms with Crippen LogP contribution in [0.5, 0.6) is 5.75 Å². The first kappa shape index (κ1) is 31.5. The maximum Gasteiger partial charge on any atom is 0.232 e. The second kappa shape index (κ2) is 14.4. The number of ether oxygens (including phenoxy) is 1. The number of rotatable bonds is 12. The van der Waals surface area contributed by atoms with E-state index in [0.29, 0.717) is 6.54 Å². The molecule has 5 nitrogen and oxygen atoms in total. The van der Waals surface area contributed by atoms with Crippen molar-refractivity contribution in [3.8, 4) is 39.4 Å². The van der Waals surface area contributed by atoms with Gasteiger partial charge in [-0.3, -0.25) is 4.79 Å². The summed E-state index contributed by atoms with van der Waals surface area (Å²) in [5.41, 5.74) is 11.0. The van der Waals surface area contributed by atoms with Crippen molar-refractivity contribution in [2.45, 2.75) is 48.6 Å². The van der Waals surface area contributed by atoms with Crippen molar-refractivity contribution in [2.75, 3.05) is 13.7 Å². The Balaban J connectivity index is 1.25. The van der Waals surface area contributed by atoms with Gasteiger partial charge in [-0.05, 0) is 65.3 Å². The highest BCUT2D eigenvalue weighted by molar-refractivity contribution is 7.99. The molecule has 1 aromatic heterocycles. The molecule has 6 aromatic rings. The highest BCUT2D eigenvalue weighted by Gasteiger charge is 2.37. The van der Waals surface area contributed by atoms with E-state index in [2.05, 4.69) is 96.1 Å². The molecule has 1 aliphatic rings. The number of imidazole rings is 1. The first-order valence-electron chi connectivity index (χ1n) is 16.7. The molecule has 0 spiro atoms. The molecule has 1 heterocycles. The minimum atomic E-state index is -0.365. The molecule has 0 radical (unpaired) electrons. The lowest BCUT2D eigenvalue weighted by Gasteiger charge is -2.18. The van der Waals surface area contributed by atoms with E-state index in [9.17, 15) is 4.79 Å². The topological polar surface area (TPSA) is 67.0 Å². The third-order valence-electron chi connectivity index (χ3n) is 9.06. The van der Waals surface area contributed by atoms with Gasteiger partial charge < -0.3 is 15.0 Å². The van der Waals surface area contributed by atoms with Crippen molar-refractivity contribution in [1.82, 2.24) is 15.3 Å². The molecule has 0 fully saturated rings. The lowest BCUT2D eigenvalue weighted by Crippen LogP contribution is -2.31. The van der Waals surface area contributed by atoms with Gasteiger partial charge in [0.25, 0.3) is 0 Å². The summed E-state index contributed by atoms with van der Waals surface area (Å²) in [5, 5.41) is 4.11. The number of fused-ring (bicyclic) bond motifs is 3. The van der Waals surface area contributed by atoms with Crippen LogP contribution in [0.2, 0.25) is 0 Å². The summed E-state index contributed by atoms with van der Waals surface area (Å²) >= 11 is 1.64. The number of aromatic nitrogens is 2. The van der Waals surface area contributed by atoms with Crippen molar-refractivity contribution in [2.24, 2.45) is 0 Å². The molecule has 0 saturated heterocycles. The molecule has 0 saturated carbocycles. The quantitative estimate of drug-likeness (QED) is 0.139. The molecule has 240 valence electrons. The third kappa shape index (κ3) is 6.41. The average Bonchev–Trinajstić information content (AvgIpc) is 3.72. The molecule has 1 atom stereocenters. The summed E-state index contributed by atoms with van der Waals surface area (Å²) in [5.74, 6) is 0.513. The lowest BCUT2D eigenvalue weighted by molar-refractivity contribution is -0.121. The van der Waals surface area contributed by atoms with Crippen molar-refractivity contribution >= 4 is 17.7 Å². The Hall–Kier alpha value is -5.07. The van der Waals surface area contributed by atoms with Crippen LogP contribution in [0, 0.1) is 0 Å². The predicted molar refractivity (Wildman–Crippen MR) is 196 cm³/mol. The van der Waals surface area contributed by atoms with Crippen molar-refractivity contribution in [3.63, 3.8) is 0 Å². The van der Waals surface area contributed by atoms with Crippen LogP contribution < -0.4 is 10.1 Å². The fraction of sp³-hybridized carbons (Fsp3) is 0.190. The predicted octanol–water partition coefficient (Wildman–Crippen LogP) is 9.72. The maximum atomic E-state index is 14.2. The van der Waals surface area contributed by atoms with Gasteiger partial charge in [0.15, 0.2) is 5.16 Å². The van der Waals surface area contributed by atoms with E-state index in [4.69, 9.17) is 9.72 Å². The number of benzene rings is 5. The van der Waals surface area contributed by atoms with Crippen LogP contribution in [-0.4, -0.2) is 29.5 Å². The van der Waals surface area contributed by atoms with Gasteiger partial charge in [-0.15, -0.1) is 0 Å². The van der Waals surface area contributed by atoms with E-state index in [1.807, 2.05) is 42.5 Å². The number of nitrogens with zero attached hydrogens (tertiary/aromatic N) is 1. The monoisotopic (exact) mass is 649 g/mol. The summed E-state index contributed by atoms with van der Waals surface area (Å²) in [4.78, 5) is 24.1. The summed E-state index contributed by atoms with van der Waals surface area (Å²) in [7, 11) is 1.67. The van der Waals surface area contributed by atoms with Gasteiger partial charge in [-0.2, -0.15) is 0 Å². The number of hydrogen-bond donors (Lipinski definition) is 2. The van der Waals surface area contributed by atoms with E-state index in [1.54, 1.807) is 18.9 Å². The Kier molecular flexibility index (Phi) is 9.43. The van der Waals surface area contributed by atoms with Crippen LogP contribution in [-0.2, 0) is 17.6 Å². The molecule has 1 unspecified atom stereocenters. The van der Waals surface area contributed by atoms with Gasteiger partial charge in [0.05, 0.1) is 24.4 Å². The zero-order valence-corrected chi connectivity index (χ0v) is 28.1. The Morgan fingerprint density at radius 3 is 2.27 bits per heavy atom. The van der Waals surface area contributed by atoms with E-state index >= 15 is 0 Å². The molecule has 6 heteroatoms. The SMILES string of the molecule is CCCCc1ccc(Sc2nc(-c3ccccc3)c(-c3ccccc3)[nH]2)c2c1C(C(=O)NCCc1ccc(OC)cc1)c1ccccc1-2. The van der Waals surface area contributed by atoms with Crippen LogP contribution in [0.25, 0.3) is 33.6 Å². The van der Waals surface area contributed by atoms with E-state index in [0.717, 1.165) is 91.8 Å². The van der Waals surface area contributed by atoms with Gasteiger partial charge in [0.2, 0.25) is 5.91 Å². The molecule has 0 bridgehead atoms. The Labute approximate surface area is 286 Å². The highest BCUT2D eigenvalue weighted by atomic mass is 32.2. The highest BCUT2D eigenvalue weighted by Crippen LogP contribution is 2.51. The minimum Gasteiger partial charge on any atom is -0.497 e. The Morgan fingerprint density at radius 2 is 1.54 bits per heavy atom.